The van der Waals surface area contributed by atoms with Gasteiger partial charge in [0.25, 0.3) is 0 Å². The zero-order chi connectivity index (χ0) is 17.9. The Bertz CT molecular complexity index is 934. The molecule has 3 aromatic rings. The predicted octanol–water partition coefficient (Wildman–Crippen LogP) is 3.76. The molecule has 0 N–H and O–H groups in total. The van der Waals surface area contributed by atoms with E-state index in [9.17, 15) is 12.8 Å². The van der Waals surface area contributed by atoms with Crippen LogP contribution in [0.5, 0.6) is 0 Å². The monoisotopic (exact) mass is 378 g/mol. The maximum Gasteiger partial charge on any atom is 0.218 e. The molecule has 0 fully saturated rings. The van der Waals surface area contributed by atoms with Crippen LogP contribution in [0.25, 0.3) is 0 Å². The maximum absolute atomic E-state index is 13.4. The van der Waals surface area contributed by atoms with Crippen molar-refractivity contribution >= 4 is 21.4 Å². The minimum absolute atomic E-state index is 0.222. The summed E-state index contributed by atoms with van der Waals surface area (Å²) >= 11 is 1.52. The van der Waals surface area contributed by atoms with Gasteiger partial charge in [-0.2, -0.15) is 4.31 Å². The third-order valence-electron chi connectivity index (χ3n) is 3.93. The van der Waals surface area contributed by atoms with Gasteiger partial charge in [0.2, 0.25) is 10.0 Å². The van der Waals surface area contributed by atoms with Crippen LogP contribution in [-0.2, 0) is 35.9 Å². The average Bonchev–Trinajstić information content (AvgIpc) is 3.18. The van der Waals surface area contributed by atoms with E-state index in [-0.39, 0.29) is 12.3 Å². The molecule has 0 unspecified atom stereocenters. The molecule has 3 rings (SSSR count). The van der Waals surface area contributed by atoms with Crippen molar-refractivity contribution < 1.29 is 12.8 Å². The molecule has 0 amide bonds. The zero-order valence-electron chi connectivity index (χ0n) is 13.8. The summed E-state index contributed by atoms with van der Waals surface area (Å²) < 4.78 is 42.7. The zero-order valence-corrected chi connectivity index (χ0v) is 15.4. The summed E-state index contributed by atoms with van der Waals surface area (Å²) in [7, 11) is -1.71. The number of rotatable bonds is 7. The Morgan fingerprint density at radius 3 is 2.60 bits per heavy atom. The van der Waals surface area contributed by atoms with Crippen LogP contribution in [0.4, 0.5) is 4.39 Å². The lowest BCUT2D eigenvalue weighted by molar-refractivity contribution is 0.395. The topological polar surface area (TPSA) is 42.3 Å². The molecular weight excluding hydrogens is 359 g/mol. The standard InChI is InChI=1S/C18H19FN2O2S2/c1-20-9-3-7-17(20)12-21(13-18-8-4-10-24-18)25(22,23)14-15-5-2-6-16(19)11-15/h2-11H,12-14H2,1H3. The van der Waals surface area contributed by atoms with E-state index in [0.717, 1.165) is 10.6 Å². The van der Waals surface area contributed by atoms with E-state index in [2.05, 4.69) is 0 Å². The molecule has 0 aliphatic heterocycles. The van der Waals surface area contributed by atoms with Crippen LogP contribution >= 0.6 is 11.3 Å². The highest BCUT2D eigenvalue weighted by Crippen LogP contribution is 2.20. The summed E-state index contributed by atoms with van der Waals surface area (Å²) in [6.45, 7) is 0.583. The number of hydrogen-bond acceptors (Lipinski definition) is 3. The molecule has 0 atom stereocenters. The number of thiophene rings is 1. The molecule has 2 heterocycles. The molecular formula is C18H19FN2O2S2. The summed E-state index contributed by atoms with van der Waals surface area (Å²) in [6, 6.07) is 13.3. The van der Waals surface area contributed by atoms with E-state index in [0.29, 0.717) is 12.1 Å². The molecule has 25 heavy (non-hydrogen) atoms. The van der Waals surface area contributed by atoms with Crippen molar-refractivity contribution in [2.24, 2.45) is 7.05 Å². The second-order valence-corrected chi connectivity index (χ2v) is 8.85. The van der Waals surface area contributed by atoms with Gasteiger partial charge in [-0.3, -0.25) is 0 Å². The van der Waals surface area contributed by atoms with Crippen LogP contribution < -0.4 is 0 Å². The highest BCUT2D eigenvalue weighted by atomic mass is 32.2. The van der Waals surface area contributed by atoms with Crippen LogP contribution in [0.1, 0.15) is 16.1 Å². The van der Waals surface area contributed by atoms with Crippen molar-refractivity contribution in [3.05, 3.63) is 82.1 Å². The van der Waals surface area contributed by atoms with E-state index in [4.69, 9.17) is 0 Å². The van der Waals surface area contributed by atoms with Gasteiger partial charge in [-0.05, 0) is 41.3 Å². The van der Waals surface area contributed by atoms with Crippen molar-refractivity contribution in [3.8, 4) is 0 Å². The molecule has 0 aliphatic carbocycles. The van der Waals surface area contributed by atoms with Gasteiger partial charge in [0.05, 0.1) is 12.3 Å². The van der Waals surface area contributed by atoms with E-state index in [1.165, 1.54) is 33.8 Å². The van der Waals surface area contributed by atoms with Crippen molar-refractivity contribution in [1.82, 2.24) is 8.87 Å². The highest BCUT2D eigenvalue weighted by Gasteiger charge is 2.24. The molecule has 0 radical (unpaired) electrons. The Morgan fingerprint density at radius 2 is 1.96 bits per heavy atom. The third-order valence-corrected chi connectivity index (χ3v) is 6.54. The number of nitrogens with zero attached hydrogens (tertiary/aromatic N) is 2. The van der Waals surface area contributed by atoms with Gasteiger partial charge in [0.1, 0.15) is 5.82 Å². The third kappa shape index (κ3) is 4.56. The average molecular weight is 378 g/mol. The van der Waals surface area contributed by atoms with Gasteiger partial charge in [-0.1, -0.05) is 18.2 Å². The fourth-order valence-corrected chi connectivity index (χ4v) is 4.85. The van der Waals surface area contributed by atoms with Crippen molar-refractivity contribution in [2.75, 3.05) is 0 Å². The summed E-state index contributed by atoms with van der Waals surface area (Å²) in [5, 5.41) is 1.93. The largest absolute Gasteiger partial charge is 0.353 e. The summed E-state index contributed by atoms with van der Waals surface area (Å²) in [5.41, 5.74) is 1.35. The maximum atomic E-state index is 13.4. The minimum atomic E-state index is -3.60. The van der Waals surface area contributed by atoms with E-state index < -0.39 is 15.8 Å². The number of benzene rings is 1. The lowest BCUT2D eigenvalue weighted by Gasteiger charge is -2.22. The van der Waals surface area contributed by atoms with E-state index in [1.54, 1.807) is 6.07 Å². The van der Waals surface area contributed by atoms with Gasteiger partial charge in [0.15, 0.2) is 0 Å². The van der Waals surface area contributed by atoms with Gasteiger partial charge >= 0.3 is 0 Å². The molecule has 0 saturated carbocycles. The number of halogens is 1. The molecule has 132 valence electrons. The number of hydrogen-bond donors (Lipinski definition) is 0. The Labute approximate surface area is 151 Å². The Balaban J connectivity index is 1.87. The fourth-order valence-electron chi connectivity index (χ4n) is 2.60. The first-order valence-corrected chi connectivity index (χ1v) is 10.3. The first kappa shape index (κ1) is 17.8. The van der Waals surface area contributed by atoms with Crippen LogP contribution in [-0.4, -0.2) is 17.3 Å². The summed E-state index contributed by atoms with van der Waals surface area (Å²) in [5.74, 6) is -0.652. The molecule has 0 bridgehead atoms. The molecule has 1 aromatic carbocycles. The van der Waals surface area contributed by atoms with Crippen LogP contribution in [0.3, 0.4) is 0 Å². The van der Waals surface area contributed by atoms with Gasteiger partial charge < -0.3 is 4.57 Å². The summed E-state index contributed by atoms with van der Waals surface area (Å²) in [6.07, 6.45) is 1.89. The van der Waals surface area contributed by atoms with Gasteiger partial charge in [-0.15, -0.1) is 11.3 Å². The van der Waals surface area contributed by atoms with Crippen LogP contribution in [0.2, 0.25) is 0 Å². The molecule has 7 heteroatoms. The Kier molecular flexibility index (Phi) is 5.36. The lowest BCUT2D eigenvalue weighted by Crippen LogP contribution is -2.31. The molecule has 0 saturated heterocycles. The molecule has 4 nitrogen and oxygen atoms in total. The lowest BCUT2D eigenvalue weighted by atomic mass is 10.2. The smallest absolute Gasteiger partial charge is 0.218 e. The predicted molar refractivity (Wildman–Crippen MR) is 98.0 cm³/mol. The quantitative estimate of drug-likeness (QED) is 0.628. The van der Waals surface area contributed by atoms with Crippen molar-refractivity contribution in [1.29, 1.82) is 0 Å². The fraction of sp³-hybridized carbons (Fsp3) is 0.222. The second kappa shape index (κ2) is 7.51. The molecule has 2 aromatic heterocycles. The summed E-state index contributed by atoms with van der Waals surface area (Å²) in [4.78, 5) is 0.969. The first-order chi connectivity index (χ1) is 11.9. The first-order valence-electron chi connectivity index (χ1n) is 7.79. The second-order valence-electron chi connectivity index (χ2n) is 5.84. The Morgan fingerprint density at radius 1 is 1.12 bits per heavy atom. The van der Waals surface area contributed by atoms with Crippen molar-refractivity contribution in [2.45, 2.75) is 18.8 Å². The van der Waals surface area contributed by atoms with Gasteiger partial charge in [0, 0.05) is 30.4 Å². The van der Waals surface area contributed by atoms with Crippen LogP contribution in [0, 0.1) is 5.82 Å². The SMILES string of the molecule is Cn1cccc1CN(Cc1cccs1)S(=O)(=O)Cc1cccc(F)c1. The van der Waals surface area contributed by atoms with Gasteiger partial charge in [-0.25, -0.2) is 12.8 Å². The van der Waals surface area contributed by atoms with E-state index >= 15 is 0 Å². The number of aryl methyl sites for hydroxylation is 1. The van der Waals surface area contributed by atoms with Crippen LogP contribution in [0.15, 0.2) is 60.1 Å². The molecule has 0 aliphatic rings. The number of aromatic nitrogens is 1. The van der Waals surface area contributed by atoms with E-state index in [1.807, 2.05) is 47.5 Å². The highest BCUT2D eigenvalue weighted by molar-refractivity contribution is 7.88. The molecule has 0 spiro atoms. The Hall–Kier alpha value is -1.96. The minimum Gasteiger partial charge on any atom is -0.353 e. The normalized spacial score (nSPS) is 12.0. The number of sulfonamides is 1. The van der Waals surface area contributed by atoms with Crippen molar-refractivity contribution in [3.63, 3.8) is 0 Å².